The van der Waals surface area contributed by atoms with Crippen molar-refractivity contribution in [3.63, 3.8) is 0 Å². The highest BCUT2D eigenvalue weighted by Crippen LogP contribution is 2.28. The molecule has 9 heteroatoms. The molecule has 2 heterocycles. The van der Waals surface area contributed by atoms with E-state index >= 15 is 0 Å². The highest BCUT2D eigenvalue weighted by atomic mass is 32.2. The van der Waals surface area contributed by atoms with Gasteiger partial charge in [-0.2, -0.15) is 0 Å². The van der Waals surface area contributed by atoms with Gasteiger partial charge in [0.1, 0.15) is 9.88 Å². The van der Waals surface area contributed by atoms with Crippen LogP contribution in [0.2, 0.25) is 0 Å². The fourth-order valence-corrected chi connectivity index (χ4v) is 5.36. The average molecular weight is 346 g/mol. The van der Waals surface area contributed by atoms with Gasteiger partial charge in [0.15, 0.2) is 0 Å². The molecule has 6 nitrogen and oxygen atoms in total. The number of rotatable bonds is 6. The Morgan fingerprint density at radius 1 is 1.52 bits per heavy atom. The highest BCUT2D eigenvalue weighted by Gasteiger charge is 2.26. The minimum Gasteiger partial charge on any atom is -0.477 e. The molecule has 0 fully saturated rings. The molecule has 0 aliphatic rings. The SMILES string of the molecule is CCC(NS(=O)(=O)c1cc(C(=O)O)sc1C)c1nccs1. The van der Waals surface area contributed by atoms with E-state index in [4.69, 9.17) is 5.11 Å². The van der Waals surface area contributed by atoms with Crippen molar-refractivity contribution in [2.75, 3.05) is 0 Å². The lowest BCUT2D eigenvalue weighted by molar-refractivity contribution is 0.0702. The number of hydrogen-bond acceptors (Lipinski definition) is 6. The summed E-state index contributed by atoms with van der Waals surface area (Å²) in [4.78, 5) is 15.5. The Balaban J connectivity index is 2.32. The van der Waals surface area contributed by atoms with Crippen LogP contribution in [0.5, 0.6) is 0 Å². The van der Waals surface area contributed by atoms with Gasteiger partial charge >= 0.3 is 5.97 Å². The van der Waals surface area contributed by atoms with Crippen molar-refractivity contribution in [2.24, 2.45) is 0 Å². The van der Waals surface area contributed by atoms with Crippen LogP contribution < -0.4 is 4.72 Å². The number of aromatic carboxylic acids is 1. The second-order valence-corrected chi connectivity index (χ2v) is 8.15. The van der Waals surface area contributed by atoms with E-state index in [0.717, 1.165) is 11.3 Å². The summed E-state index contributed by atoms with van der Waals surface area (Å²) in [7, 11) is -3.78. The lowest BCUT2D eigenvalue weighted by atomic mass is 10.3. The minimum atomic E-state index is -3.78. The summed E-state index contributed by atoms with van der Waals surface area (Å²) in [6.07, 6.45) is 2.18. The summed E-state index contributed by atoms with van der Waals surface area (Å²) < 4.78 is 27.5. The zero-order valence-corrected chi connectivity index (χ0v) is 13.8. The van der Waals surface area contributed by atoms with Crippen molar-refractivity contribution < 1.29 is 18.3 Å². The van der Waals surface area contributed by atoms with Crippen LogP contribution in [-0.2, 0) is 10.0 Å². The Morgan fingerprint density at radius 3 is 2.71 bits per heavy atom. The van der Waals surface area contributed by atoms with E-state index in [1.807, 2.05) is 6.92 Å². The first-order valence-corrected chi connectivity index (χ1v) is 9.28. The summed E-state index contributed by atoms with van der Waals surface area (Å²) in [6.45, 7) is 3.45. The van der Waals surface area contributed by atoms with E-state index in [0.29, 0.717) is 16.3 Å². The molecule has 0 bridgehead atoms. The van der Waals surface area contributed by atoms with Crippen molar-refractivity contribution in [1.82, 2.24) is 9.71 Å². The molecule has 1 unspecified atom stereocenters. The zero-order chi connectivity index (χ0) is 15.6. The first kappa shape index (κ1) is 16.1. The molecule has 0 aliphatic carbocycles. The molecule has 0 amide bonds. The number of aromatic nitrogens is 1. The molecule has 114 valence electrons. The molecular weight excluding hydrogens is 332 g/mol. The number of nitrogens with zero attached hydrogens (tertiary/aromatic N) is 1. The molecule has 0 saturated carbocycles. The summed E-state index contributed by atoms with van der Waals surface area (Å²) in [5, 5.41) is 11.4. The first-order chi connectivity index (χ1) is 9.85. The Labute approximate surface area is 130 Å². The van der Waals surface area contributed by atoms with Crippen molar-refractivity contribution in [2.45, 2.75) is 31.2 Å². The number of nitrogens with one attached hydrogen (secondary N) is 1. The Bertz CT molecular complexity index is 735. The van der Waals surface area contributed by atoms with Crippen LogP contribution in [0.3, 0.4) is 0 Å². The minimum absolute atomic E-state index is 0.00942. The van der Waals surface area contributed by atoms with E-state index in [1.165, 1.54) is 17.4 Å². The molecule has 2 rings (SSSR count). The van der Waals surface area contributed by atoms with Crippen molar-refractivity contribution in [3.8, 4) is 0 Å². The van der Waals surface area contributed by atoms with Gasteiger partial charge in [0.05, 0.1) is 10.9 Å². The maximum atomic E-state index is 12.4. The molecule has 1 atom stereocenters. The van der Waals surface area contributed by atoms with Gasteiger partial charge in [-0.05, 0) is 19.4 Å². The fraction of sp³-hybridized carbons (Fsp3) is 0.333. The summed E-state index contributed by atoms with van der Waals surface area (Å²) in [5.74, 6) is -1.13. The van der Waals surface area contributed by atoms with Crippen LogP contribution in [0.25, 0.3) is 0 Å². The summed E-state index contributed by atoms with van der Waals surface area (Å²) >= 11 is 2.33. The van der Waals surface area contributed by atoms with Gasteiger partial charge in [0.2, 0.25) is 10.0 Å². The molecule has 21 heavy (non-hydrogen) atoms. The Morgan fingerprint density at radius 2 is 2.24 bits per heavy atom. The largest absolute Gasteiger partial charge is 0.477 e. The van der Waals surface area contributed by atoms with Gasteiger partial charge in [-0.15, -0.1) is 22.7 Å². The number of thiophene rings is 1. The summed E-state index contributed by atoms with van der Waals surface area (Å²) in [5.41, 5.74) is 0. The van der Waals surface area contributed by atoms with Gasteiger partial charge in [-0.1, -0.05) is 6.92 Å². The van der Waals surface area contributed by atoms with Gasteiger partial charge in [0.25, 0.3) is 0 Å². The Kier molecular flexibility index (Phi) is 4.77. The van der Waals surface area contributed by atoms with Crippen LogP contribution in [0.15, 0.2) is 22.5 Å². The number of carbonyl (C=O) groups is 1. The standard InChI is InChI=1S/C12H14N2O4S3/c1-3-8(11-13-4-5-19-11)14-21(17,18)10-6-9(12(15)16)20-7(10)2/h4-6,8,14H,3H2,1-2H3,(H,15,16). The van der Waals surface area contributed by atoms with E-state index in [1.54, 1.807) is 18.5 Å². The van der Waals surface area contributed by atoms with Gasteiger partial charge in [-0.25, -0.2) is 22.9 Å². The molecule has 2 aromatic rings. The maximum absolute atomic E-state index is 12.4. The smallest absolute Gasteiger partial charge is 0.345 e. The number of thiazole rings is 1. The van der Waals surface area contributed by atoms with Gasteiger partial charge in [-0.3, -0.25) is 0 Å². The number of carboxylic acids is 1. The molecule has 0 aromatic carbocycles. The van der Waals surface area contributed by atoms with Crippen molar-refractivity contribution >= 4 is 38.7 Å². The number of sulfonamides is 1. The Hall–Kier alpha value is -1.29. The lowest BCUT2D eigenvalue weighted by Crippen LogP contribution is -2.28. The van der Waals surface area contributed by atoms with Gasteiger partial charge < -0.3 is 5.11 Å². The summed E-state index contributed by atoms with van der Waals surface area (Å²) in [6, 6.07) is 0.779. The molecule has 0 saturated heterocycles. The lowest BCUT2D eigenvalue weighted by Gasteiger charge is -2.14. The van der Waals surface area contributed by atoms with Crippen molar-refractivity contribution in [3.05, 3.63) is 32.4 Å². The zero-order valence-electron chi connectivity index (χ0n) is 11.4. The van der Waals surface area contributed by atoms with E-state index in [2.05, 4.69) is 9.71 Å². The predicted molar refractivity (Wildman–Crippen MR) is 81.5 cm³/mol. The topological polar surface area (TPSA) is 96.4 Å². The third kappa shape index (κ3) is 3.49. The van der Waals surface area contributed by atoms with Gasteiger partial charge in [0, 0.05) is 16.5 Å². The number of carboxylic acid groups (broad SMARTS) is 1. The van der Waals surface area contributed by atoms with Crippen molar-refractivity contribution in [1.29, 1.82) is 0 Å². The van der Waals surface area contributed by atoms with Crippen LogP contribution in [0.1, 0.15) is 38.9 Å². The molecule has 0 radical (unpaired) electrons. The van der Waals surface area contributed by atoms with E-state index in [9.17, 15) is 13.2 Å². The number of hydrogen-bond donors (Lipinski definition) is 2. The monoisotopic (exact) mass is 346 g/mol. The quantitative estimate of drug-likeness (QED) is 0.838. The van der Waals surface area contributed by atoms with Crippen LogP contribution in [-0.4, -0.2) is 24.5 Å². The molecule has 0 spiro atoms. The highest BCUT2D eigenvalue weighted by molar-refractivity contribution is 7.89. The normalized spacial score (nSPS) is 13.2. The third-order valence-corrected chi connectivity index (χ3v) is 6.48. The second kappa shape index (κ2) is 6.22. The van der Waals surface area contributed by atoms with Crippen LogP contribution >= 0.6 is 22.7 Å². The van der Waals surface area contributed by atoms with Crippen LogP contribution in [0, 0.1) is 6.92 Å². The molecule has 2 aromatic heterocycles. The third-order valence-electron chi connectivity index (χ3n) is 2.83. The maximum Gasteiger partial charge on any atom is 0.345 e. The van der Waals surface area contributed by atoms with E-state index in [-0.39, 0.29) is 9.77 Å². The fourth-order valence-electron chi connectivity index (χ4n) is 1.80. The van der Waals surface area contributed by atoms with Crippen LogP contribution in [0.4, 0.5) is 0 Å². The first-order valence-electron chi connectivity index (χ1n) is 6.10. The number of aryl methyl sites for hydroxylation is 1. The molecule has 0 aliphatic heterocycles. The molecular formula is C12H14N2O4S3. The second-order valence-electron chi connectivity index (χ2n) is 4.29. The van der Waals surface area contributed by atoms with E-state index < -0.39 is 22.0 Å². The molecule has 2 N–H and O–H groups in total. The average Bonchev–Trinajstić information content (AvgIpc) is 3.05. The predicted octanol–water partition coefficient (Wildman–Crippen LogP) is 2.64.